The Morgan fingerprint density at radius 3 is 2.74 bits per heavy atom. The number of carbonyl (C=O) groups is 1. The molecule has 0 saturated heterocycles. The van der Waals surface area contributed by atoms with E-state index in [1.807, 2.05) is 36.4 Å². The largest absolute Gasteiger partial charge is 0.330 e. The summed E-state index contributed by atoms with van der Waals surface area (Å²) < 4.78 is 1.04. The molecule has 0 bridgehead atoms. The minimum atomic E-state index is 0.0148. The molecule has 0 aromatic heterocycles. The number of carbonyl (C=O) groups excluding carboxylic acids is 1. The van der Waals surface area contributed by atoms with Crippen molar-refractivity contribution in [1.82, 2.24) is 0 Å². The van der Waals surface area contributed by atoms with Gasteiger partial charge in [0, 0.05) is 10.2 Å². The second kappa shape index (κ2) is 4.70. The topological polar surface area (TPSA) is 32.3 Å². The van der Waals surface area contributed by atoms with Crippen LogP contribution < -0.4 is 10.2 Å². The Bertz CT molecular complexity index is 654. The number of nitrogens with one attached hydrogen (secondary N) is 1. The fraction of sp³-hybridized carbons (Fsp3) is 0.133. The molecule has 0 spiro atoms. The zero-order valence-corrected chi connectivity index (χ0v) is 12.1. The second-order valence-electron chi connectivity index (χ2n) is 4.58. The molecule has 2 aromatic carbocycles. The number of nitrogens with zero attached hydrogens (tertiary/aromatic N) is 1. The Labute approximate surface area is 120 Å². The van der Waals surface area contributed by atoms with Gasteiger partial charge in [0.15, 0.2) is 0 Å². The predicted molar refractivity (Wildman–Crippen MR) is 81.0 cm³/mol. The molecule has 4 heteroatoms. The van der Waals surface area contributed by atoms with Gasteiger partial charge < -0.3 is 10.2 Å². The summed E-state index contributed by atoms with van der Waals surface area (Å²) in [6.07, 6.45) is 0. The molecule has 0 radical (unpaired) electrons. The van der Waals surface area contributed by atoms with Crippen molar-refractivity contribution < 1.29 is 4.79 Å². The number of aryl methyl sites for hydroxylation is 1. The third-order valence-electron chi connectivity index (χ3n) is 3.22. The number of rotatable bonds is 1. The van der Waals surface area contributed by atoms with Crippen molar-refractivity contribution in [3.05, 3.63) is 52.5 Å². The maximum Gasteiger partial charge on any atom is 0.244 e. The predicted octanol–water partition coefficient (Wildman–Crippen LogP) is 3.85. The first-order valence-electron chi connectivity index (χ1n) is 6.08. The molecule has 0 saturated carbocycles. The Kier molecular flexibility index (Phi) is 3.03. The van der Waals surface area contributed by atoms with Gasteiger partial charge in [0.25, 0.3) is 0 Å². The lowest BCUT2D eigenvalue weighted by molar-refractivity contribution is -0.115. The van der Waals surface area contributed by atoms with Gasteiger partial charge in [-0.05, 0) is 42.8 Å². The highest BCUT2D eigenvalue weighted by molar-refractivity contribution is 9.10. The lowest BCUT2D eigenvalue weighted by Gasteiger charge is -2.32. The lowest BCUT2D eigenvalue weighted by Crippen LogP contribution is -2.35. The summed E-state index contributed by atoms with van der Waals surface area (Å²) in [6.45, 7) is 2.40. The van der Waals surface area contributed by atoms with Crippen LogP contribution in [0.3, 0.4) is 0 Å². The van der Waals surface area contributed by atoms with Crippen molar-refractivity contribution in [2.24, 2.45) is 0 Å². The van der Waals surface area contributed by atoms with Crippen LogP contribution in [-0.4, -0.2) is 12.5 Å². The molecule has 0 unspecified atom stereocenters. The van der Waals surface area contributed by atoms with Gasteiger partial charge >= 0.3 is 0 Å². The second-order valence-corrected chi connectivity index (χ2v) is 5.50. The number of halogens is 1. The van der Waals surface area contributed by atoms with Gasteiger partial charge in [-0.2, -0.15) is 0 Å². The molecule has 1 aliphatic rings. The average Bonchev–Trinajstić information content (AvgIpc) is 2.38. The van der Waals surface area contributed by atoms with E-state index in [1.165, 1.54) is 0 Å². The monoisotopic (exact) mass is 316 g/mol. The number of benzene rings is 2. The molecule has 0 aliphatic carbocycles. The minimum Gasteiger partial charge on any atom is -0.330 e. The third kappa shape index (κ3) is 2.24. The van der Waals surface area contributed by atoms with Gasteiger partial charge in [0.05, 0.1) is 11.4 Å². The highest BCUT2D eigenvalue weighted by atomic mass is 79.9. The van der Waals surface area contributed by atoms with E-state index in [9.17, 15) is 4.79 Å². The standard InChI is InChI=1S/C15H13BrN2O/c1-10-8-11(16)6-7-13(10)18-9-15(19)17-12-4-2-3-5-14(12)18/h2-8H,9H2,1H3,(H,17,19). The molecule has 1 heterocycles. The van der Waals surface area contributed by atoms with E-state index in [2.05, 4.69) is 39.1 Å². The summed E-state index contributed by atoms with van der Waals surface area (Å²) in [4.78, 5) is 13.9. The van der Waals surface area contributed by atoms with Gasteiger partial charge in [0.1, 0.15) is 6.54 Å². The molecule has 1 aliphatic heterocycles. The van der Waals surface area contributed by atoms with Gasteiger partial charge in [-0.15, -0.1) is 0 Å². The summed E-state index contributed by atoms with van der Waals surface area (Å²) in [5.74, 6) is 0.0148. The SMILES string of the molecule is Cc1cc(Br)ccc1N1CC(=O)Nc2ccccc21. The van der Waals surface area contributed by atoms with Crippen LogP contribution in [0.4, 0.5) is 17.1 Å². The van der Waals surface area contributed by atoms with Crippen LogP contribution in [0.2, 0.25) is 0 Å². The first-order valence-corrected chi connectivity index (χ1v) is 6.87. The summed E-state index contributed by atoms with van der Waals surface area (Å²) >= 11 is 3.47. The number of hydrogen-bond donors (Lipinski definition) is 1. The van der Waals surface area contributed by atoms with Gasteiger partial charge in [0.2, 0.25) is 5.91 Å². The van der Waals surface area contributed by atoms with Crippen LogP contribution in [0.25, 0.3) is 0 Å². The first-order chi connectivity index (χ1) is 9.15. The summed E-state index contributed by atoms with van der Waals surface area (Å²) in [5, 5.41) is 2.90. The third-order valence-corrected chi connectivity index (χ3v) is 3.71. The quantitative estimate of drug-likeness (QED) is 0.866. The summed E-state index contributed by atoms with van der Waals surface area (Å²) in [7, 11) is 0. The summed E-state index contributed by atoms with van der Waals surface area (Å²) in [6, 6.07) is 14.0. The van der Waals surface area contributed by atoms with Crippen molar-refractivity contribution in [3.8, 4) is 0 Å². The van der Waals surface area contributed by atoms with Crippen LogP contribution in [0, 0.1) is 6.92 Å². The molecular formula is C15H13BrN2O. The molecule has 19 heavy (non-hydrogen) atoms. The average molecular weight is 317 g/mol. The van der Waals surface area contributed by atoms with E-state index in [-0.39, 0.29) is 5.91 Å². The number of amides is 1. The normalized spacial score (nSPS) is 14.0. The van der Waals surface area contributed by atoms with Gasteiger partial charge in [-0.25, -0.2) is 0 Å². The van der Waals surface area contributed by atoms with E-state index in [4.69, 9.17) is 0 Å². The van der Waals surface area contributed by atoms with Crippen molar-refractivity contribution in [2.45, 2.75) is 6.92 Å². The highest BCUT2D eigenvalue weighted by Gasteiger charge is 2.23. The Morgan fingerprint density at radius 1 is 1.16 bits per heavy atom. The van der Waals surface area contributed by atoms with E-state index in [1.54, 1.807) is 0 Å². The fourth-order valence-corrected chi connectivity index (χ4v) is 2.85. The van der Waals surface area contributed by atoms with Crippen molar-refractivity contribution in [2.75, 3.05) is 16.8 Å². The maximum atomic E-state index is 11.8. The first kappa shape index (κ1) is 12.2. The molecule has 1 N–H and O–H groups in total. The molecule has 3 rings (SSSR count). The van der Waals surface area contributed by atoms with E-state index < -0.39 is 0 Å². The maximum absolute atomic E-state index is 11.8. The number of fused-ring (bicyclic) bond motifs is 1. The Balaban J connectivity index is 2.12. The van der Waals surface area contributed by atoms with Crippen molar-refractivity contribution >= 4 is 38.9 Å². The van der Waals surface area contributed by atoms with Gasteiger partial charge in [-0.1, -0.05) is 28.1 Å². The zero-order valence-electron chi connectivity index (χ0n) is 10.5. The molecule has 0 atom stereocenters. The highest BCUT2D eigenvalue weighted by Crippen LogP contribution is 2.36. The van der Waals surface area contributed by atoms with E-state index >= 15 is 0 Å². The summed E-state index contributed by atoms with van der Waals surface area (Å²) in [5.41, 5.74) is 4.10. The molecule has 3 nitrogen and oxygen atoms in total. The van der Waals surface area contributed by atoms with E-state index in [0.717, 1.165) is 27.1 Å². The number of anilines is 3. The van der Waals surface area contributed by atoms with E-state index in [0.29, 0.717) is 6.54 Å². The van der Waals surface area contributed by atoms with Crippen LogP contribution in [0.5, 0.6) is 0 Å². The van der Waals surface area contributed by atoms with Crippen LogP contribution in [0.1, 0.15) is 5.56 Å². The minimum absolute atomic E-state index is 0.0148. The van der Waals surface area contributed by atoms with Crippen LogP contribution in [0.15, 0.2) is 46.9 Å². The number of para-hydroxylation sites is 2. The fourth-order valence-electron chi connectivity index (χ4n) is 2.37. The molecule has 2 aromatic rings. The van der Waals surface area contributed by atoms with Crippen LogP contribution >= 0.6 is 15.9 Å². The molecular weight excluding hydrogens is 304 g/mol. The Morgan fingerprint density at radius 2 is 1.95 bits per heavy atom. The van der Waals surface area contributed by atoms with Crippen molar-refractivity contribution in [3.63, 3.8) is 0 Å². The molecule has 1 amide bonds. The Hall–Kier alpha value is -1.81. The lowest BCUT2D eigenvalue weighted by atomic mass is 10.1. The number of hydrogen-bond acceptors (Lipinski definition) is 2. The zero-order chi connectivity index (χ0) is 13.4. The van der Waals surface area contributed by atoms with Crippen LogP contribution in [-0.2, 0) is 4.79 Å². The molecule has 96 valence electrons. The van der Waals surface area contributed by atoms with Gasteiger partial charge in [-0.3, -0.25) is 4.79 Å². The smallest absolute Gasteiger partial charge is 0.244 e. The van der Waals surface area contributed by atoms with Crippen molar-refractivity contribution in [1.29, 1.82) is 0 Å². The molecule has 0 fully saturated rings.